The van der Waals surface area contributed by atoms with Crippen molar-refractivity contribution >= 4 is 17.2 Å². The average molecular weight is 324 g/mol. The van der Waals surface area contributed by atoms with Crippen LogP contribution in [0.5, 0.6) is 0 Å². The molecule has 0 radical (unpaired) electrons. The molecule has 22 heavy (non-hydrogen) atoms. The summed E-state index contributed by atoms with van der Waals surface area (Å²) in [6.45, 7) is 0. The lowest BCUT2D eigenvalue weighted by atomic mass is 9.94. The Bertz CT molecular complexity index is 453. The van der Waals surface area contributed by atoms with Crippen LogP contribution >= 0.6 is 12.2 Å². The first-order valence-corrected chi connectivity index (χ1v) is 9.06. The highest BCUT2D eigenvalue weighted by molar-refractivity contribution is 7.80. The van der Waals surface area contributed by atoms with Gasteiger partial charge in [0.1, 0.15) is 0 Å². The number of aryl methyl sites for hydroxylation is 2. The zero-order valence-corrected chi connectivity index (χ0v) is 14.8. The van der Waals surface area contributed by atoms with E-state index in [9.17, 15) is 0 Å². The lowest BCUT2D eigenvalue weighted by Gasteiger charge is -2.33. The summed E-state index contributed by atoms with van der Waals surface area (Å²) >= 11 is 5.61. The van der Waals surface area contributed by atoms with E-state index >= 15 is 0 Å². The van der Waals surface area contributed by atoms with Crippen LogP contribution in [-0.4, -0.2) is 43.2 Å². The van der Waals surface area contributed by atoms with E-state index < -0.39 is 0 Å². The number of nitrogens with zero attached hydrogens (tertiary/aromatic N) is 5. The van der Waals surface area contributed by atoms with Gasteiger partial charge in [0, 0.05) is 26.6 Å². The lowest BCUT2D eigenvalue weighted by Crippen LogP contribution is -2.37. The number of aromatic nitrogens is 4. The van der Waals surface area contributed by atoms with Crippen molar-refractivity contribution in [1.82, 2.24) is 25.1 Å². The van der Waals surface area contributed by atoms with E-state index in [2.05, 4.69) is 27.5 Å². The van der Waals surface area contributed by atoms with Gasteiger partial charge in [-0.25, -0.2) is 4.68 Å². The maximum Gasteiger partial charge on any atom is 0.150 e. The zero-order valence-electron chi connectivity index (χ0n) is 14.0. The van der Waals surface area contributed by atoms with E-state index in [1.54, 1.807) is 4.68 Å². The summed E-state index contributed by atoms with van der Waals surface area (Å²) in [6.07, 6.45) is 13.6. The van der Waals surface area contributed by atoms with E-state index in [4.69, 9.17) is 12.2 Å². The normalized spacial score (nSPS) is 15.9. The van der Waals surface area contributed by atoms with Crippen LogP contribution in [0.2, 0.25) is 0 Å². The second-order valence-corrected chi connectivity index (χ2v) is 6.90. The molecular formula is C16H29N5S. The predicted molar refractivity (Wildman–Crippen MR) is 92.8 cm³/mol. The number of thiocarbonyl (C=S) groups is 1. The van der Waals surface area contributed by atoms with Crippen molar-refractivity contribution in [2.24, 2.45) is 7.05 Å². The van der Waals surface area contributed by atoms with Crippen LogP contribution < -0.4 is 0 Å². The first-order chi connectivity index (χ1) is 10.7. The Morgan fingerprint density at radius 1 is 1.18 bits per heavy atom. The molecule has 0 atom stereocenters. The van der Waals surface area contributed by atoms with Crippen molar-refractivity contribution in [1.29, 1.82) is 0 Å². The summed E-state index contributed by atoms with van der Waals surface area (Å²) in [5, 5.41) is 11.5. The summed E-state index contributed by atoms with van der Waals surface area (Å²) < 4.78 is 1.76. The Hall–Kier alpha value is -1.04. The van der Waals surface area contributed by atoms with Gasteiger partial charge in [0.05, 0.1) is 4.99 Å². The van der Waals surface area contributed by atoms with Crippen LogP contribution in [0.3, 0.4) is 0 Å². The van der Waals surface area contributed by atoms with E-state index in [1.807, 2.05) is 7.05 Å². The van der Waals surface area contributed by atoms with E-state index in [-0.39, 0.29) is 0 Å². The Kier molecular flexibility index (Phi) is 7.22. The van der Waals surface area contributed by atoms with Crippen LogP contribution in [0.15, 0.2) is 0 Å². The molecular weight excluding hydrogens is 294 g/mol. The molecule has 1 fully saturated rings. The van der Waals surface area contributed by atoms with Crippen LogP contribution in [0.1, 0.15) is 70.0 Å². The molecule has 0 aromatic carbocycles. The van der Waals surface area contributed by atoms with Gasteiger partial charge in [0.25, 0.3) is 0 Å². The molecule has 1 aromatic heterocycles. The SMILES string of the molecule is CN(C(=S)CCCCCCc1nnnn1C)C1CCCCC1. The summed E-state index contributed by atoms with van der Waals surface area (Å²) in [4.78, 5) is 3.53. The molecule has 0 unspecified atom stereocenters. The highest BCUT2D eigenvalue weighted by Gasteiger charge is 2.19. The fourth-order valence-corrected chi connectivity index (χ4v) is 3.51. The number of hydrogen-bond acceptors (Lipinski definition) is 4. The van der Waals surface area contributed by atoms with Gasteiger partial charge >= 0.3 is 0 Å². The Morgan fingerprint density at radius 3 is 2.59 bits per heavy atom. The molecule has 0 saturated heterocycles. The summed E-state index contributed by atoms with van der Waals surface area (Å²) in [5.41, 5.74) is 0. The van der Waals surface area contributed by atoms with Crippen LogP contribution in [0.4, 0.5) is 0 Å². The van der Waals surface area contributed by atoms with Gasteiger partial charge in [-0.1, -0.05) is 44.3 Å². The van der Waals surface area contributed by atoms with Crippen molar-refractivity contribution in [2.75, 3.05) is 7.05 Å². The molecule has 6 heteroatoms. The molecule has 2 rings (SSSR count). The van der Waals surface area contributed by atoms with Gasteiger partial charge in [-0.05, 0) is 42.5 Å². The van der Waals surface area contributed by atoms with Crippen LogP contribution in [0, 0.1) is 0 Å². The Morgan fingerprint density at radius 2 is 1.91 bits per heavy atom. The molecule has 0 aliphatic heterocycles. The molecule has 0 spiro atoms. The Labute approximate surface area is 139 Å². The standard InChI is InChI=1S/C16H29N5S/c1-20(14-10-6-5-7-11-14)16(22)13-9-4-3-8-12-15-17-18-19-21(15)2/h14H,3-13H2,1-2H3. The minimum absolute atomic E-state index is 0.699. The third kappa shape index (κ3) is 5.30. The van der Waals surface area contributed by atoms with Gasteiger partial charge in [-0.15, -0.1) is 5.10 Å². The number of hydrogen-bond donors (Lipinski definition) is 0. The molecule has 1 saturated carbocycles. The highest BCUT2D eigenvalue weighted by Crippen LogP contribution is 2.22. The van der Waals surface area contributed by atoms with E-state index in [1.165, 1.54) is 51.4 Å². The fraction of sp³-hybridized carbons (Fsp3) is 0.875. The van der Waals surface area contributed by atoms with Gasteiger partial charge in [-0.3, -0.25) is 0 Å². The summed E-state index contributed by atoms with van der Waals surface area (Å²) in [6, 6.07) is 0.699. The molecule has 5 nitrogen and oxygen atoms in total. The van der Waals surface area contributed by atoms with Crippen molar-refractivity contribution in [3.8, 4) is 0 Å². The summed E-state index contributed by atoms with van der Waals surface area (Å²) in [7, 11) is 4.09. The quantitative estimate of drug-likeness (QED) is 0.542. The van der Waals surface area contributed by atoms with Gasteiger partial charge in [0.2, 0.25) is 0 Å². The fourth-order valence-electron chi connectivity index (χ4n) is 3.22. The molecule has 124 valence electrons. The van der Waals surface area contributed by atoms with Gasteiger partial charge in [0.15, 0.2) is 5.82 Å². The van der Waals surface area contributed by atoms with Gasteiger partial charge in [-0.2, -0.15) is 0 Å². The van der Waals surface area contributed by atoms with Crippen LogP contribution in [0.25, 0.3) is 0 Å². The number of rotatable bonds is 8. The zero-order chi connectivity index (χ0) is 15.8. The van der Waals surface area contributed by atoms with Crippen molar-refractivity contribution < 1.29 is 0 Å². The molecule has 1 aliphatic rings. The topological polar surface area (TPSA) is 46.8 Å². The second-order valence-electron chi connectivity index (χ2n) is 6.43. The number of unbranched alkanes of at least 4 members (excludes halogenated alkanes) is 3. The second kappa shape index (κ2) is 9.18. The summed E-state index contributed by atoms with van der Waals surface area (Å²) in [5.74, 6) is 0.979. The maximum absolute atomic E-state index is 5.61. The minimum Gasteiger partial charge on any atom is -0.366 e. The number of tetrazole rings is 1. The first-order valence-electron chi connectivity index (χ1n) is 8.65. The third-order valence-electron chi connectivity index (χ3n) is 4.76. The predicted octanol–water partition coefficient (Wildman–Crippen LogP) is 3.30. The molecule has 1 aromatic rings. The maximum atomic E-state index is 5.61. The van der Waals surface area contributed by atoms with Gasteiger partial charge < -0.3 is 4.90 Å². The first kappa shape index (κ1) is 17.3. The largest absolute Gasteiger partial charge is 0.366 e. The minimum atomic E-state index is 0.699. The Balaban J connectivity index is 1.54. The third-order valence-corrected chi connectivity index (χ3v) is 5.26. The van der Waals surface area contributed by atoms with Crippen molar-refractivity contribution in [3.05, 3.63) is 5.82 Å². The van der Waals surface area contributed by atoms with E-state index in [0.717, 1.165) is 30.1 Å². The van der Waals surface area contributed by atoms with Crippen molar-refractivity contribution in [3.63, 3.8) is 0 Å². The molecule has 0 amide bonds. The highest BCUT2D eigenvalue weighted by atomic mass is 32.1. The smallest absolute Gasteiger partial charge is 0.150 e. The molecule has 0 N–H and O–H groups in total. The molecule has 1 aliphatic carbocycles. The average Bonchev–Trinajstić information content (AvgIpc) is 2.95. The van der Waals surface area contributed by atoms with Crippen LogP contribution in [-0.2, 0) is 13.5 Å². The lowest BCUT2D eigenvalue weighted by molar-refractivity contribution is 0.278. The molecule has 0 bridgehead atoms. The molecule has 1 heterocycles. The van der Waals surface area contributed by atoms with E-state index in [0.29, 0.717) is 6.04 Å². The van der Waals surface area contributed by atoms with Crippen molar-refractivity contribution in [2.45, 2.75) is 76.7 Å². The monoisotopic (exact) mass is 323 g/mol.